The molecule has 0 unspecified atom stereocenters. The van der Waals surface area contributed by atoms with E-state index in [1.165, 1.54) is 4.90 Å². The molecule has 162 valence electrons. The van der Waals surface area contributed by atoms with Gasteiger partial charge in [-0.3, -0.25) is 0 Å². The number of carbonyl (C=O) groups is 1. The molecule has 0 aliphatic carbocycles. The van der Waals surface area contributed by atoms with Gasteiger partial charge in [-0.05, 0) is 30.3 Å². The summed E-state index contributed by atoms with van der Waals surface area (Å²) in [6, 6.07) is 12.1. The Bertz CT molecular complexity index is 1050. The molecule has 0 aliphatic heterocycles. The molecule has 1 aromatic heterocycles. The molecule has 0 fully saturated rings. The van der Waals surface area contributed by atoms with Gasteiger partial charge in [-0.1, -0.05) is 23.4 Å². The van der Waals surface area contributed by atoms with Gasteiger partial charge >= 0.3 is 6.03 Å². The third kappa shape index (κ3) is 5.13. The molecule has 2 amide bonds. The first-order valence-corrected chi connectivity index (χ1v) is 9.44. The Kier molecular flexibility index (Phi) is 7.10. The Morgan fingerprint density at radius 2 is 1.84 bits per heavy atom. The van der Waals surface area contributed by atoms with Crippen LogP contribution in [0.15, 0.2) is 59.6 Å². The van der Waals surface area contributed by atoms with Gasteiger partial charge in [0.25, 0.3) is 0 Å². The van der Waals surface area contributed by atoms with E-state index >= 15 is 0 Å². The number of nitrogens with zero attached hydrogens (tertiary/aromatic N) is 3. The lowest BCUT2D eigenvalue weighted by Crippen LogP contribution is -2.34. The maximum atomic E-state index is 12.8. The summed E-state index contributed by atoms with van der Waals surface area (Å²) < 4.78 is 21.2. The van der Waals surface area contributed by atoms with Crippen molar-refractivity contribution >= 4 is 11.7 Å². The maximum absolute atomic E-state index is 12.8. The fourth-order valence-electron chi connectivity index (χ4n) is 2.89. The predicted molar refractivity (Wildman–Crippen MR) is 115 cm³/mol. The first-order valence-electron chi connectivity index (χ1n) is 9.44. The summed E-state index contributed by atoms with van der Waals surface area (Å²) in [5.74, 6) is 2.36. The zero-order valence-electron chi connectivity index (χ0n) is 17.6. The maximum Gasteiger partial charge on any atom is 0.322 e. The van der Waals surface area contributed by atoms with Crippen molar-refractivity contribution in [2.45, 2.75) is 6.54 Å². The highest BCUT2D eigenvalue weighted by atomic mass is 16.5. The number of hydrogen-bond donors (Lipinski definition) is 1. The minimum absolute atomic E-state index is 0.104. The van der Waals surface area contributed by atoms with Gasteiger partial charge in [0.15, 0.2) is 11.5 Å². The monoisotopic (exact) mass is 424 g/mol. The molecule has 31 heavy (non-hydrogen) atoms. The minimum atomic E-state index is -0.352. The van der Waals surface area contributed by atoms with Gasteiger partial charge in [-0.25, -0.2) is 4.79 Å². The highest BCUT2D eigenvalue weighted by Gasteiger charge is 2.19. The highest BCUT2D eigenvalue weighted by Crippen LogP contribution is 2.31. The number of hydrogen-bond acceptors (Lipinski definition) is 7. The molecule has 9 nitrogen and oxygen atoms in total. The Balaban J connectivity index is 1.76. The van der Waals surface area contributed by atoms with E-state index in [0.717, 1.165) is 0 Å². The van der Waals surface area contributed by atoms with Gasteiger partial charge in [0, 0.05) is 12.1 Å². The van der Waals surface area contributed by atoms with Crippen LogP contribution >= 0.6 is 0 Å². The summed E-state index contributed by atoms with van der Waals surface area (Å²) >= 11 is 0. The molecule has 1 N–H and O–H groups in total. The van der Waals surface area contributed by atoms with Crippen molar-refractivity contribution in [3.8, 4) is 28.6 Å². The number of aromatic nitrogens is 2. The molecular weight excluding hydrogens is 400 g/mol. The van der Waals surface area contributed by atoms with Gasteiger partial charge in [-0.15, -0.1) is 6.58 Å². The number of benzene rings is 2. The van der Waals surface area contributed by atoms with Crippen molar-refractivity contribution in [3.05, 3.63) is 61.0 Å². The van der Waals surface area contributed by atoms with Gasteiger partial charge in [-0.2, -0.15) is 4.98 Å². The van der Waals surface area contributed by atoms with E-state index in [4.69, 9.17) is 18.7 Å². The summed E-state index contributed by atoms with van der Waals surface area (Å²) in [4.78, 5) is 18.7. The van der Waals surface area contributed by atoms with Crippen LogP contribution in [0.3, 0.4) is 0 Å². The molecule has 0 atom stereocenters. The number of para-hydroxylation sites is 2. The number of anilines is 1. The minimum Gasteiger partial charge on any atom is -0.495 e. The average Bonchev–Trinajstić information content (AvgIpc) is 3.27. The van der Waals surface area contributed by atoms with E-state index in [2.05, 4.69) is 22.0 Å². The third-order valence-electron chi connectivity index (χ3n) is 4.42. The number of rotatable bonds is 9. The van der Waals surface area contributed by atoms with Gasteiger partial charge in [0.1, 0.15) is 12.3 Å². The Morgan fingerprint density at radius 1 is 1.10 bits per heavy atom. The molecule has 3 aromatic rings. The Morgan fingerprint density at radius 3 is 2.55 bits per heavy atom. The average molecular weight is 424 g/mol. The van der Waals surface area contributed by atoms with Crippen LogP contribution in [-0.4, -0.2) is 48.9 Å². The van der Waals surface area contributed by atoms with Crippen LogP contribution in [0.5, 0.6) is 17.2 Å². The third-order valence-corrected chi connectivity index (χ3v) is 4.42. The molecule has 9 heteroatoms. The standard InChI is InChI=1S/C22H24N4O5/c1-5-12-26(22(27)23-16-8-6-7-9-17(16)28-2)14-20-24-21(25-31-20)15-10-11-18(29-3)19(13-15)30-4/h5-11,13H,1,12,14H2,2-4H3,(H,23,27). The smallest absolute Gasteiger partial charge is 0.322 e. The molecule has 1 heterocycles. The second kappa shape index (κ2) is 10.1. The van der Waals surface area contributed by atoms with Crippen LogP contribution < -0.4 is 19.5 Å². The first kappa shape index (κ1) is 21.7. The Hall–Kier alpha value is -4.01. The summed E-state index contributed by atoms with van der Waals surface area (Å²) in [5.41, 5.74) is 1.25. The van der Waals surface area contributed by atoms with Crippen molar-refractivity contribution in [1.29, 1.82) is 0 Å². The lowest BCUT2D eigenvalue weighted by molar-refractivity contribution is 0.206. The molecular formula is C22H24N4O5. The number of urea groups is 1. The largest absolute Gasteiger partial charge is 0.495 e. The van der Waals surface area contributed by atoms with Gasteiger partial charge in [0.05, 0.1) is 27.0 Å². The van der Waals surface area contributed by atoms with Crippen LogP contribution in [0.4, 0.5) is 10.5 Å². The van der Waals surface area contributed by atoms with E-state index in [1.54, 1.807) is 57.7 Å². The van der Waals surface area contributed by atoms with Crippen molar-refractivity contribution in [2.24, 2.45) is 0 Å². The zero-order chi connectivity index (χ0) is 22.2. The zero-order valence-corrected chi connectivity index (χ0v) is 17.6. The van der Waals surface area contributed by atoms with Crippen molar-refractivity contribution in [1.82, 2.24) is 15.0 Å². The van der Waals surface area contributed by atoms with Crippen LogP contribution in [0.25, 0.3) is 11.4 Å². The highest BCUT2D eigenvalue weighted by molar-refractivity contribution is 5.91. The molecule has 0 spiro atoms. The van der Waals surface area contributed by atoms with E-state index < -0.39 is 0 Å². The van der Waals surface area contributed by atoms with Crippen LogP contribution in [-0.2, 0) is 6.54 Å². The molecule has 0 bridgehead atoms. The van der Waals surface area contributed by atoms with Crippen molar-refractivity contribution in [2.75, 3.05) is 33.2 Å². The number of ether oxygens (including phenoxy) is 3. The molecule has 3 rings (SSSR count). The van der Waals surface area contributed by atoms with Crippen LogP contribution in [0.2, 0.25) is 0 Å². The van der Waals surface area contributed by atoms with Crippen molar-refractivity contribution < 1.29 is 23.5 Å². The van der Waals surface area contributed by atoms with Crippen LogP contribution in [0, 0.1) is 0 Å². The second-order valence-electron chi connectivity index (χ2n) is 6.38. The van der Waals surface area contributed by atoms with E-state index in [9.17, 15) is 4.79 Å². The summed E-state index contributed by atoms with van der Waals surface area (Å²) in [6.07, 6.45) is 1.62. The summed E-state index contributed by atoms with van der Waals surface area (Å²) in [7, 11) is 4.66. The fourth-order valence-corrected chi connectivity index (χ4v) is 2.89. The normalized spacial score (nSPS) is 10.3. The number of nitrogens with one attached hydrogen (secondary N) is 1. The molecule has 2 aromatic carbocycles. The summed E-state index contributed by atoms with van der Waals surface area (Å²) in [6.45, 7) is 4.11. The molecule has 0 saturated heterocycles. The lowest BCUT2D eigenvalue weighted by atomic mass is 10.2. The predicted octanol–water partition coefficient (Wildman–Crippen LogP) is 3.98. The van der Waals surface area contributed by atoms with Crippen LogP contribution in [0.1, 0.15) is 5.89 Å². The molecule has 0 saturated carbocycles. The first-order chi connectivity index (χ1) is 15.1. The quantitative estimate of drug-likeness (QED) is 0.519. The number of carbonyl (C=O) groups excluding carboxylic acids is 1. The lowest BCUT2D eigenvalue weighted by Gasteiger charge is -2.20. The van der Waals surface area contributed by atoms with E-state index in [0.29, 0.717) is 34.3 Å². The molecule has 0 radical (unpaired) electrons. The SMILES string of the molecule is C=CCN(Cc1nc(-c2ccc(OC)c(OC)c2)no1)C(=O)Nc1ccccc1OC. The van der Waals surface area contributed by atoms with Crippen molar-refractivity contribution in [3.63, 3.8) is 0 Å². The number of amides is 2. The van der Waals surface area contributed by atoms with Gasteiger partial charge in [0.2, 0.25) is 11.7 Å². The molecule has 0 aliphatic rings. The summed E-state index contributed by atoms with van der Waals surface area (Å²) in [5, 5.41) is 6.84. The van der Waals surface area contributed by atoms with E-state index in [1.807, 2.05) is 12.1 Å². The Labute approximate surface area is 180 Å². The van der Waals surface area contributed by atoms with Gasteiger partial charge < -0.3 is 29.0 Å². The van der Waals surface area contributed by atoms with E-state index in [-0.39, 0.29) is 25.0 Å². The second-order valence-corrected chi connectivity index (χ2v) is 6.38. The topological polar surface area (TPSA) is 99.0 Å². The number of methoxy groups -OCH3 is 3. The fraction of sp³-hybridized carbons (Fsp3) is 0.227.